The van der Waals surface area contributed by atoms with Crippen LogP contribution in [-0.4, -0.2) is 34.4 Å². The molecule has 0 aliphatic rings. The average Bonchev–Trinajstić information content (AvgIpc) is 2.18. The van der Waals surface area contributed by atoms with Crippen molar-refractivity contribution in [2.45, 2.75) is 13.3 Å². The Bertz CT molecular complexity index is 351. The maximum atomic E-state index is 10.8. The molecular weight excluding hydrogens is 198 g/mol. The van der Waals surface area contributed by atoms with Crippen molar-refractivity contribution in [3.05, 3.63) is 23.4 Å². The molecule has 0 fully saturated rings. The fraction of sp³-hybridized carbons (Fsp3) is 0.400. The maximum Gasteiger partial charge on any atom is 0.341 e. The summed E-state index contributed by atoms with van der Waals surface area (Å²) in [4.78, 5) is 14.8. The molecule has 0 aliphatic carbocycles. The molecule has 0 atom stereocenters. The molecule has 0 amide bonds. The lowest BCUT2D eigenvalue weighted by Crippen LogP contribution is -2.07. The maximum absolute atomic E-state index is 10.8. The normalized spacial score (nSPS) is 10.0. The molecule has 1 aromatic rings. The SMILES string of the molecule is Cc1ccc(C(=O)O)c(OCCCO)n1. The van der Waals surface area contributed by atoms with Gasteiger partial charge in [-0.2, -0.15) is 0 Å². The summed E-state index contributed by atoms with van der Waals surface area (Å²) in [7, 11) is 0. The number of carboxylic acids is 1. The van der Waals surface area contributed by atoms with E-state index >= 15 is 0 Å². The average molecular weight is 211 g/mol. The summed E-state index contributed by atoms with van der Waals surface area (Å²) in [5.41, 5.74) is 0.734. The van der Waals surface area contributed by atoms with Crippen molar-refractivity contribution in [2.24, 2.45) is 0 Å². The predicted octanol–water partition coefficient (Wildman–Crippen LogP) is 0.849. The highest BCUT2D eigenvalue weighted by molar-refractivity contribution is 5.90. The van der Waals surface area contributed by atoms with E-state index in [2.05, 4.69) is 4.98 Å². The number of aryl methyl sites for hydroxylation is 1. The van der Waals surface area contributed by atoms with Crippen LogP contribution < -0.4 is 4.74 Å². The Balaban J connectivity index is 2.82. The number of aromatic carboxylic acids is 1. The molecule has 0 bridgehead atoms. The van der Waals surface area contributed by atoms with Crippen LogP contribution >= 0.6 is 0 Å². The van der Waals surface area contributed by atoms with Crippen molar-refractivity contribution in [3.63, 3.8) is 0 Å². The Morgan fingerprint density at radius 1 is 1.53 bits per heavy atom. The molecule has 0 spiro atoms. The summed E-state index contributed by atoms with van der Waals surface area (Å²) in [5, 5.41) is 17.4. The van der Waals surface area contributed by atoms with Gasteiger partial charge in [-0.25, -0.2) is 9.78 Å². The molecule has 1 aromatic heterocycles. The zero-order chi connectivity index (χ0) is 11.3. The van der Waals surface area contributed by atoms with E-state index in [0.29, 0.717) is 12.1 Å². The first-order valence-electron chi connectivity index (χ1n) is 4.59. The zero-order valence-electron chi connectivity index (χ0n) is 8.43. The Hall–Kier alpha value is -1.62. The molecule has 15 heavy (non-hydrogen) atoms. The molecule has 0 aromatic carbocycles. The Labute approximate surface area is 87.3 Å². The van der Waals surface area contributed by atoms with Gasteiger partial charge >= 0.3 is 5.97 Å². The van der Waals surface area contributed by atoms with E-state index in [9.17, 15) is 4.79 Å². The van der Waals surface area contributed by atoms with Crippen LogP contribution in [0.2, 0.25) is 0 Å². The van der Waals surface area contributed by atoms with E-state index in [0.717, 1.165) is 0 Å². The zero-order valence-corrected chi connectivity index (χ0v) is 8.43. The lowest BCUT2D eigenvalue weighted by Gasteiger charge is -2.07. The number of carbonyl (C=O) groups is 1. The topological polar surface area (TPSA) is 79.7 Å². The molecule has 1 heterocycles. The number of carboxylic acid groups (broad SMARTS) is 1. The van der Waals surface area contributed by atoms with Gasteiger partial charge in [-0.3, -0.25) is 0 Å². The molecule has 0 aliphatic heterocycles. The third-order valence-corrected chi connectivity index (χ3v) is 1.77. The van der Waals surface area contributed by atoms with Gasteiger partial charge in [-0.05, 0) is 19.1 Å². The number of hydrogen-bond donors (Lipinski definition) is 2. The summed E-state index contributed by atoms with van der Waals surface area (Å²) in [6, 6.07) is 3.07. The first-order chi connectivity index (χ1) is 7.15. The van der Waals surface area contributed by atoms with Crippen molar-refractivity contribution in [1.82, 2.24) is 4.98 Å². The summed E-state index contributed by atoms with van der Waals surface area (Å²) in [6.45, 7) is 2.02. The molecule has 0 saturated heterocycles. The largest absolute Gasteiger partial charge is 0.477 e. The van der Waals surface area contributed by atoms with Gasteiger partial charge in [0.25, 0.3) is 0 Å². The molecule has 0 saturated carbocycles. The predicted molar refractivity (Wildman–Crippen MR) is 53.1 cm³/mol. The lowest BCUT2D eigenvalue weighted by atomic mass is 10.2. The first-order valence-corrected chi connectivity index (χ1v) is 4.59. The highest BCUT2D eigenvalue weighted by Crippen LogP contribution is 2.16. The second-order valence-electron chi connectivity index (χ2n) is 3.04. The van der Waals surface area contributed by atoms with Crippen LogP contribution in [-0.2, 0) is 0 Å². The molecule has 1 rings (SSSR count). The number of aliphatic hydroxyl groups excluding tert-OH is 1. The van der Waals surface area contributed by atoms with E-state index in [1.165, 1.54) is 6.07 Å². The van der Waals surface area contributed by atoms with Gasteiger partial charge in [0.2, 0.25) is 5.88 Å². The summed E-state index contributed by atoms with van der Waals surface area (Å²) >= 11 is 0. The third-order valence-electron chi connectivity index (χ3n) is 1.77. The van der Waals surface area contributed by atoms with Crippen LogP contribution in [0.5, 0.6) is 5.88 Å². The van der Waals surface area contributed by atoms with E-state index in [1.807, 2.05) is 0 Å². The van der Waals surface area contributed by atoms with Gasteiger partial charge in [0.15, 0.2) is 0 Å². The highest BCUT2D eigenvalue weighted by atomic mass is 16.5. The minimum absolute atomic E-state index is 0.00816. The first kappa shape index (κ1) is 11.5. The van der Waals surface area contributed by atoms with E-state index in [4.69, 9.17) is 14.9 Å². The van der Waals surface area contributed by atoms with Gasteiger partial charge in [-0.15, -0.1) is 0 Å². The van der Waals surface area contributed by atoms with Crippen molar-refractivity contribution < 1.29 is 19.7 Å². The number of hydrogen-bond acceptors (Lipinski definition) is 4. The van der Waals surface area contributed by atoms with Crippen molar-refractivity contribution in [2.75, 3.05) is 13.2 Å². The van der Waals surface area contributed by atoms with Crippen LogP contribution in [0.25, 0.3) is 0 Å². The van der Waals surface area contributed by atoms with Gasteiger partial charge in [-0.1, -0.05) is 0 Å². The summed E-state index contributed by atoms with van der Waals surface area (Å²) in [5.74, 6) is -0.961. The smallest absolute Gasteiger partial charge is 0.341 e. The number of rotatable bonds is 5. The van der Waals surface area contributed by atoms with Crippen molar-refractivity contribution >= 4 is 5.97 Å². The fourth-order valence-corrected chi connectivity index (χ4v) is 1.04. The second kappa shape index (κ2) is 5.31. The molecule has 0 unspecified atom stereocenters. The molecule has 0 radical (unpaired) electrons. The Kier molecular flexibility index (Phi) is 4.05. The summed E-state index contributed by atoms with van der Waals surface area (Å²) < 4.78 is 5.17. The van der Waals surface area contributed by atoms with Gasteiger partial charge in [0.1, 0.15) is 5.56 Å². The van der Waals surface area contributed by atoms with Gasteiger partial charge in [0, 0.05) is 18.7 Å². The van der Waals surface area contributed by atoms with Crippen molar-refractivity contribution in [1.29, 1.82) is 0 Å². The molecule has 5 heteroatoms. The standard InChI is InChI=1S/C10H13NO4/c1-7-3-4-8(10(13)14)9(11-7)15-6-2-5-12/h3-4,12H,2,5-6H2,1H3,(H,13,14). The lowest BCUT2D eigenvalue weighted by molar-refractivity contribution is 0.0691. The van der Waals surface area contributed by atoms with Crippen LogP contribution in [0.4, 0.5) is 0 Å². The fourth-order valence-electron chi connectivity index (χ4n) is 1.04. The van der Waals surface area contributed by atoms with Crippen molar-refractivity contribution in [3.8, 4) is 5.88 Å². The minimum Gasteiger partial charge on any atom is -0.477 e. The molecule has 2 N–H and O–H groups in total. The molecular formula is C10H13NO4. The molecule has 5 nitrogen and oxygen atoms in total. The Morgan fingerprint density at radius 3 is 2.87 bits per heavy atom. The molecule has 82 valence electrons. The quantitative estimate of drug-likeness (QED) is 0.706. The monoisotopic (exact) mass is 211 g/mol. The van der Waals surface area contributed by atoms with Gasteiger partial charge < -0.3 is 14.9 Å². The highest BCUT2D eigenvalue weighted by Gasteiger charge is 2.12. The number of ether oxygens (including phenoxy) is 1. The van der Waals surface area contributed by atoms with E-state index in [-0.39, 0.29) is 24.7 Å². The van der Waals surface area contributed by atoms with E-state index < -0.39 is 5.97 Å². The van der Waals surface area contributed by atoms with Crippen LogP contribution in [0.15, 0.2) is 12.1 Å². The number of pyridine rings is 1. The minimum atomic E-state index is -1.07. The van der Waals surface area contributed by atoms with Gasteiger partial charge in [0.05, 0.1) is 6.61 Å². The van der Waals surface area contributed by atoms with Crippen LogP contribution in [0.1, 0.15) is 22.5 Å². The number of nitrogens with zero attached hydrogens (tertiary/aromatic N) is 1. The number of aromatic nitrogens is 1. The third kappa shape index (κ3) is 3.21. The van der Waals surface area contributed by atoms with E-state index in [1.54, 1.807) is 13.0 Å². The van der Waals surface area contributed by atoms with Crippen LogP contribution in [0, 0.1) is 6.92 Å². The van der Waals surface area contributed by atoms with Crippen LogP contribution in [0.3, 0.4) is 0 Å². The Morgan fingerprint density at radius 2 is 2.27 bits per heavy atom. The second-order valence-corrected chi connectivity index (χ2v) is 3.04. The summed E-state index contributed by atoms with van der Waals surface area (Å²) in [6.07, 6.45) is 0.453. The number of aliphatic hydroxyl groups is 1.